The lowest BCUT2D eigenvalue weighted by Crippen LogP contribution is -2.49. The molecule has 0 atom stereocenters. The van der Waals surface area contributed by atoms with E-state index in [1.54, 1.807) is 30.6 Å². The maximum atomic E-state index is 13.2. The molecule has 1 aliphatic rings. The molecule has 5 rings (SSSR count). The minimum atomic E-state index is -0.473. The van der Waals surface area contributed by atoms with Crippen molar-refractivity contribution >= 4 is 22.8 Å². The van der Waals surface area contributed by atoms with Crippen molar-refractivity contribution in [3.05, 3.63) is 98.5 Å². The fourth-order valence-electron chi connectivity index (χ4n) is 4.29. The maximum absolute atomic E-state index is 13.2. The van der Waals surface area contributed by atoms with Gasteiger partial charge in [0.05, 0.1) is 17.4 Å². The molecular weight excluding hydrogens is 432 g/mol. The fourth-order valence-corrected chi connectivity index (χ4v) is 4.29. The molecule has 0 unspecified atom stereocenters. The first-order valence-corrected chi connectivity index (χ1v) is 11.1. The molecule has 0 aliphatic carbocycles. The van der Waals surface area contributed by atoms with Crippen LogP contribution in [-0.2, 0) is 6.54 Å². The number of aromatic nitrogens is 4. The van der Waals surface area contributed by atoms with Gasteiger partial charge in [0.25, 0.3) is 11.5 Å². The highest BCUT2D eigenvalue weighted by atomic mass is 16.2. The summed E-state index contributed by atoms with van der Waals surface area (Å²) in [5.74, 6) is 0.621. The molecule has 0 spiro atoms. The van der Waals surface area contributed by atoms with Crippen molar-refractivity contribution < 1.29 is 4.79 Å². The summed E-state index contributed by atoms with van der Waals surface area (Å²) >= 11 is 0. The standard InChI is InChI=1S/C25H24N6O3/c1-17-6-7-20-21(14-17)31(25(34)28-22(20)32)16-18-4-2-5-19(15-18)23(33)29-10-12-30(13-11-29)24-26-8-3-9-27-24/h2-9,14-15H,10-13,16H2,1H3,(H,28,32,34). The third-order valence-corrected chi connectivity index (χ3v) is 6.07. The van der Waals surface area contributed by atoms with Gasteiger partial charge in [-0.15, -0.1) is 0 Å². The lowest BCUT2D eigenvalue weighted by atomic mass is 10.1. The highest BCUT2D eigenvalue weighted by Gasteiger charge is 2.23. The van der Waals surface area contributed by atoms with Crippen LogP contribution in [0.15, 0.2) is 70.5 Å². The summed E-state index contributed by atoms with van der Waals surface area (Å²) < 4.78 is 1.53. The number of aryl methyl sites for hydroxylation is 1. The number of aromatic amines is 1. The Kier molecular flexibility index (Phi) is 5.67. The summed E-state index contributed by atoms with van der Waals surface area (Å²) in [5.41, 5.74) is 2.03. The molecule has 2 aromatic heterocycles. The Morgan fingerprint density at radius 3 is 2.50 bits per heavy atom. The Bertz CT molecular complexity index is 1470. The van der Waals surface area contributed by atoms with Crippen LogP contribution in [0.25, 0.3) is 10.9 Å². The van der Waals surface area contributed by atoms with Crippen LogP contribution in [0.5, 0.6) is 0 Å². The van der Waals surface area contributed by atoms with Gasteiger partial charge >= 0.3 is 5.69 Å². The summed E-state index contributed by atoms with van der Waals surface area (Å²) in [4.78, 5) is 52.8. The Morgan fingerprint density at radius 2 is 1.74 bits per heavy atom. The van der Waals surface area contributed by atoms with E-state index in [2.05, 4.69) is 19.9 Å². The molecule has 1 fully saturated rings. The van der Waals surface area contributed by atoms with E-state index in [1.807, 2.05) is 42.2 Å². The van der Waals surface area contributed by atoms with E-state index in [1.165, 1.54) is 4.57 Å². The highest BCUT2D eigenvalue weighted by Crippen LogP contribution is 2.16. The van der Waals surface area contributed by atoms with Gasteiger partial charge in [0.15, 0.2) is 0 Å². The van der Waals surface area contributed by atoms with Gasteiger partial charge in [0.2, 0.25) is 5.95 Å². The van der Waals surface area contributed by atoms with Gasteiger partial charge in [-0.25, -0.2) is 14.8 Å². The SMILES string of the molecule is Cc1ccc2c(=O)[nH]c(=O)n(Cc3cccc(C(=O)N4CCN(c5ncccn5)CC4)c3)c2c1. The number of fused-ring (bicyclic) bond motifs is 1. The number of benzene rings is 2. The number of rotatable bonds is 4. The predicted molar refractivity (Wildman–Crippen MR) is 129 cm³/mol. The number of hydrogen-bond acceptors (Lipinski definition) is 6. The zero-order chi connectivity index (χ0) is 23.7. The molecule has 1 aliphatic heterocycles. The molecule has 4 aromatic rings. The summed E-state index contributed by atoms with van der Waals surface area (Å²) in [6.45, 7) is 4.63. The van der Waals surface area contributed by atoms with Crippen LogP contribution in [0.3, 0.4) is 0 Å². The normalized spacial score (nSPS) is 13.9. The lowest BCUT2D eigenvalue weighted by Gasteiger charge is -2.34. The van der Waals surface area contributed by atoms with Crippen LogP contribution < -0.4 is 16.1 Å². The second-order valence-corrected chi connectivity index (χ2v) is 8.39. The summed E-state index contributed by atoms with van der Waals surface area (Å²) in [5, 5.41) is 0.456. The van der Waals surface area contributed by atoms with Crippen LogP contribution in [0.2, 0.25) is 0 Å². The molecule has 172 valence electrons. The Balaban J connectivity index is 1.36. The average Bonchev–Trinajstić information content (AvgIpc) is 2.87. The first-order valence-electron chi connectivity index (χ1n) is 11.1. The van der Waals surface area contributed by atoms with Crippen LogP contribution in [0.4, 0.5) is 5.95 Å². The highest BCUT2D eigenvalue weighted by molar-refractivity contribution is 5.94. The first-order chi connectivity index (χ1) is 16.5. The second-order valence-electron chi connectivity index (χ2n) is 8.39. The topological polar surface area (TPSA) is 104 Å². The molecule has 1 N–H and O–H groups in total. The monoisotopic (exact) mass is 456 g/mol. The van der Waals surface area contributed by atoms with E-state index in [4.69, 9.17) is 0 Å². The third-order valence-electron chi connectivity index (χ3n) is 6.07. The average molecular weight is 457 g/mol. The molecule has 2 aromatic carbocycles. The van der Waals surface area contributed by atoms with Gasteiger partial charge in [-0.2, -0.15) is 0 Å². The minimum absolute atomic E-state index is 0.0509. The molecule has 1 saturated heterocycles. The zero-order valence-corrected chi connectivity index (χ0v) is 18.8. The molecular formula is C25H24N6O3. The number of hydrogen-bond donors (Lipinski definition) is 1. The van der Waals surface area contributed by atoms with Crippen molar-refractivity contribution in [2.45, 2.75) is 13.5 Å². The Labute approximate surface area is 195 Å². The molecule has 0 radical (unpaired) electrons. The Hall–Kier alpha value is -4.27. The Morgan fingerprint density at radius 1 is 0.971 bits per heavy atom. The fraction of sp³-hybridized carbons (Fsp3) is 0.240. The number of nitrogens with zero attached hydrogens (tertiary/aromatic N) is 5. The van der Waals surface area contributed by atoms with Crippen LogP contribution in [0, 0.1) is 6.92 Å². The molecule has 0 saturated carbocycles. The molecule has 34 heavy (non-hydrogen) atoms. The number of H-pyrrole nitrogens is 1. The largest absolute Gasteiger partial charge is 0.337 e. The summed E-state index contributed by atoms with van der Waals surface area (Å²) in [7, 11) is 0. The van der Waals surface area contributed by atoms with Crippen molar-refractivity contribution in [3.8, 4) is 0 Å². The number of amides is 1. The molecule has 3 heterocycles. The van der Waals surface area contributed by atoms with Crippen LogP contribution in [0.1, 0.15) is 21.5 Å². The maximum Gasteiger partial charge on any atom is 0.329 e. The van der Waals surface area contributed by atoms with Crippen molar-refractivity contribution in [2.75, 3.05) is 31.1 Å². The van der Waals surface area contributed by atoms with E-state index >= 15 is 0 Å². The summed E-state index contributed by atoms with van der Waals surface area (Å²) in [6, 6.07) is 14.5. The molecule has 1 amide bonds. The van der Waals surface area contributed by atoms with E-state index in [9.17, 15) is 14.4 Å². The van der Waals surface area contributed by atoms with Crippen LogP contribution in [-0.4, -0.2) is 56.5 Å². The van der Waals surface area contributed by atoms with Crippen molar-refractivity contribution in [2.24, 2.45) is 0 Å². The zero-order valence-electron chi connectivity index (χ0n) is 18.8. The number of carbonyl (C=O) groups is 1. The predicted octanol–water partition coefficient (Wildman–Crippen LogP) is 1.80. The van der Waals surface area contributed by atoms with E-state index in [0.29, 0.717) is 48.6 Å². The van der Waals surface area contributed by atoms with Gasteiger partial charge in [-0.05, 0) is 48.4 Å². The van der Waals surface area contributed by atoms with Crippen molar-refractivity contribution in [3.63, 3.8) is 0 Å². The first kappa shape index (κ1) is 21.6. The number of carbonyl (C=O) groups excluding carboxylic acids is 1. The van der Waals surface area contributed by atoms with Crippen molar-refractivity contribution in [1.82, 2.24) is 24.4 Å². The molecule has 9 heteroatoms. The van der Waals surface area contributed by atoms with Gasteiger partial charge < -0.3 is 9.80 Å². The number of piperazine rings is 1. The summed E-state index contributed by atoms with van der Waals surface area (Å²) in [6.07, 6.45) is 3.42. The van der Waals surface area contributed by atoms with Gasteiger partial charge in [0.1, 0.15) is 0 Å². The van der Waals surface area contributed by atoms with Crippen molar-refractivity contribution in [1.29, 1.82) is 0 Å². The smallest absolute Gasteiger partial charge is 0.329 e. The van der Waals surface area contributed by atoms with Gasteiger partial charge in [-0.1, -0.05) is 18.2 Å². The molecule has 9 nitrogen and oxygen atoms in total. The third kappa shape index (κ3) is 4.19. The number of nitrogens with one attached hydrogen (secondary N) is 1. The van der Waals surface area contributed by atoms with Gasteiger partial charge in [-0.3, -0.25) is 19.1 Å². The quantitative estimate of drug-likeness (QED) is 0.502. The van der Waals surface area contributed by atoms with E-state index in [0.717, 1.165) is 11.1 Å². The van der Waals surface area contributed by atoms with Crippen LogP contribution >= 0.6 is 0 Å². The molecule has 0 bridgehead atoms. The second kappa shape index (κ2) is 8.93. The van der Waals surface area contributed by atoms with E-state index < -0.39 is 11.2 Å². The van der Waals surface area contributed by atoms with E-state index in [-0.39, 0.29) is 12.5 Å². The lowest BCUT2D eigenvalue weighted by molar-refractivity contribution is 0.0746. The minimum Gasteiger partial charge on any atom is -0.337 e. The van der Waals surface area contributed by atoms with Gasteiger partial charge in [0, 0.05) is 44.1 Å². The number of anilines is 1.